The Hall–Kier alpha value is -3.17. The molecule has 2 N–H and O–H groups in total. The number of carbonyl (C=O) groups is 2. The Kier molecular flexibility index (Phi) is 8.91. The topological polar surface area (TPSA) is 92.2 Å². The first-order valence-electron chi connectivity index (χ1n) is 12.1. The van der Waals surface area contributed by atoms with E-state index in [1.54, 1.807) is 6.92 Å². The van der Waals surface area contributed by atoms with Gasteiger partial charge in [0.1, 0.15) is 5.82 Å². The SMILES string of the molecule is CC(Sc1nnc(CN2CCCCC2)n1Cc1ccccc1)C(=O)NC(=O)NCc1ccccc1. The Labute approximate surface area is 210 Å². The van der Waals surface area contributed by atoms with Gasteiger partial charge in [-0.05, 0) is 44.0 Å². The van der Waals surface area contributed by atoms with E-state index in [0.29, 0.717) is 18.2 Å². The highest BCUT2D eigenvalue weighted by atomic mass is 32.2. The number of aromatic nitrogens is 3. The fourth-order valence-electron chi connectivity index (χ4n) is 4.01. The number of urea groups is 1. The van der Waals surface area contributed by atoms with E-state index >= 15 is 0 Å². The Morgan fingerprint density at radius 3 is 2.26 bits per heavy atom. The molecule has 1 atom stereocenters. The number of nitrogens with one attached hydrogen (secondary N) is 2. The third-order valence-corrected chi connectivity index (χ3v) is 7.06. The molecule has 9 heteroatoms. The number of piperidine rings is 1. The molecule has 0 spiro atoms. The van der Waals surface area contributed by atoms with Gasteiger partial charge in [0.2, 0.25) is 5.91 Å². The molecular formula is C26H32N6O2S. The third kappa shape index (κ3) is 7.40. The van der Waals surface area contributed by atoms with Gasteiger partial charge in [0, 0.05) is 6.54 Å². The highest BCUT2D eigenvalue weighted by molar-refractivity contribution is 8.00. The van der Waals surface area contributed by atoms with Crippen molar-refractivity contribution in [1.82, 2.24) is 30.3 Å². The number of benzene rings is 2. The average molecular weight is 493 g/mol. The van der Waals surface area contributed by atoms with E-state index in [2.05, 4.69) is 42.4 Å². The Bertz CT molecular complexity index is 1100. The van der Waals surface area contributed by atoms with Gasteiger partial charge in [-0.15, -0.1) is 10.2 Å². The predicted octanol–water partition coefficient (Wildman–Crippen LogP) is 3.82. The monoisotopic (exact) mass is 492 g/mol. The molecule has 184 valence electrons. The molecule has 3 amide bonds. The van der Waals surface area contributed by atoms with Crippen molar-refractivity contribution in [2.45, 2.75) is 56.2 Å². The van der Waals surface area contributed by atoms with Crippen LogP contribution in [0.2, 0.25) is 0 Å². The summed E-state index contributed by atoms with van der Waals surface area (Å²) in [5.74, 6) is 0.527. The Balaban J connectivity index is 1.39. The van der Waals surface area contributed by atoms with Crippen LogP contribution < -0.4 is 10.6 Å². The van der Waals surface area contributed by atoms with Crippen LogP contribution in [-0.2, 0) is 24.4 Å². The quantitative estimate of drug-likeness (QED) is 0.441. The van der Waals surface area contributed by atoms with Crippen LogP contribution >= 0.6 is 11.8 Å². The molecule has 35 heavy (non-hydrogen) atoms. The molecular weight excluding hydrogens is 460 g/mol. The summed E-state index contributed by atoms with van der Waals surface area (Å²) < 4.78 is 2.09. The van der Waals surface area contributed by atoms with E-state index in [-0.39, 0.29) is 5.91 Å². The van der Waals surface area contributed by atoms with Crippen molar-refractivity contribution in [2.24, 2.45) is 0 Å². The molecule has 0 radical (unpaired) electrons. The second-order valence-electron chi connectivity index (χ2n) is 8.72. The van der Waals surface area contributed by atoms with Crippen molar-refractivity contribution in [3.05, 3.63) is 77.6 Å². The van der Waals surface area contributed by atoms with Gasteiger partial charge < -0.3 is 9.88 Å². The first-order chi connectivity index (χ1) is 17.1. The van der Waals surface area contributed by atoms with Gasteiger partial charge in [-0.1, -0.05) is 78.8 Å². The van der Waals surface area contributed by atoms with Crippen LogP contribution in [0, 0.1) is 0 Å². The minimum absolute atomic E-state index is 0.354. The molecule has 2 aromatic carbocycles. The number of carbonyl (C=O) groups excluding carboxylic acids is 2. The van der Waals surface area contributed by atoms with Crippen LogP contribution in [0.1, 0.15) is 43.1 Å². The molecule has 1 unspecified atom stereocenters. The van der Waals surface area contributed by atoms with Gasteiger partial charge in [0.05, 0.1) is 18.3 Å². The van der Waals surface area contributed by atoms with Crippen molar-refractivity contribution in [2.75, 3.05) is 13.1 Å². The van der Waals surface area contributed by atoms with Crippen LogP contribution in [0.5, 0.6) is 0 Å². The summed E-state index contributed by atoms with van der Waals surface area (Å²) >= 11 is 1.32. The molecule has 1 fully saturated rings. The number of hydrogen-bond donors (Lipinski definition) is 2. The number of amides is 3. The molecule has 4 rings (SSSR count). The normalized spacial score (nSPS) is 14.9. The standard InChI is InChI=1S/C26H32N6O2S/c1-20(24(33)28-25(34)27-17-21-11-5-2-6-12-21)35-26-30-29-23(19-31-15-9-4-10-16-31)32(26)18-22-13-7-3-8-14-22/h2-3,5-8,11-14,20H,4,9-10,15-19H2,1H3,(H2,27,28,33,34). The summed E-state index contributed by atoms with van der Waals surface area (Å²) in [5, 5.41) is 14.2. The van der Waals surface area contributed by atoms with Gasteiger partial charge in [0.25, 0.3) is 0 Å². The average Bonchev–Trinajstić information content (AvgIpc) is 3.25. The van der Waals surface area contributed by atoms with Crippen LogP contribution in [0.3, 0.4) is 0 Å². The van der Waals surface area contributed by atoms with Crippen molar-refractivity contribution in [3.63, 3.8) is 0 Å². The Morgan fingerprint density at radius 2 is 1.57 bits per heavy atom. The molecule has 2 heterocycles. The maximum Gasteiger partial charge on any atom is 0.321 e. The maximum absolute atomic E-state index is 12.7. The van der Waals surface area contributed by atoms with E-state index in [1.807, 2.05) is 48.5 Å². The number of rotatable bonds is 9. The molecule has 0 bridgehead atoms. The van der Waals surface area contributed by atoms with Crippen molar-refractivity contribution >= 4 is 23.7 Å². The Morgan fingerprint density at radius 1 is 0.914 bits per heavy atom. The first-order valence-corrected chi connectivity index (χ1v) is 12.9. The molecule has 1 aromatic heterocycles. The van der Waals surface area contributed by atoms with E-state index in [0.717, 1.165) is 36.6 Å². The second kappa shape index (κ2) is 12.5. The number of thioether (sulfide) groups is 1. The summed E-state index contributed by atoms with van der Waals surface area (Å²) in [6.45, 7) is 5.63. The van der Waals surface area contributed by atoms with Gasteiger partial charge in [-0.2, -0.15) is 0 Å². The van der Waals surface area contributed by atoms with Gasteiger partial charge in [0.15, 0.2) is 5.16 Å². The summed E-state index contributed by atoms with van der Waals surface area (Å²) in [4.78, 5) is 27.3. The predicted molar refractivity (Wildman–Crippen MR) is 137 cm³/mol. The smallest absolute Gasteiger partial charge is 0.321 e. The lowest BCUT2D eigenvalue weighted by Gasteiger charge is -2.26. The third-order valence-electron chi connectivity index (χ3n) is 5.97. The summed E-state index contributed by atoms with van der Waals surface area (Å²) in [6.07, 6.45) is 3.69. The summed E-state index contributed by atoms with van der Waals surface area (Å²) in [7, 11) is 0. The van der Waals surface area contributed by atoms with Crippen molar-refractivity contribution < 1.29 is 9.59 Å². The van der Waals surface area contributed by atoms with E-state index in [4.69, 9.17) is 0 Å². The largest absolute Gasteiger partial charge is 0.334 e. The zero-order chi connectivity index (χ0) is 24.5. The zero-order valence-electron chi connectivity index (χ0n) is 20.0. The number of likely N-dealkylation sites (tertiary alicyclic amines) is 1. The molecule has 1 saturated heterocycles. The molecule has 1 aliphatic rings. The highest BCUT2D eigenvalue weighted by Crippen LogP contribution is 2.24. The summed E-state index contributed by atoms with van der Waals surface area (Å²) in [6, 6.07) is 19.2. The number of nitrogens with zero attached hydrogens (tertiary/aromatic N) is 4. The minimum Gasteiger partial charge on any atom is -0.334 e. The van der Waals surface area contributed by atoms with Crippen LogP contribution in [0.25, 0.3) is 0 Å². The number of hydrogen-bond acceptors (Lipinski definition) is 6. The lowest BCUT2D eigenvalue weighted by molar-refractivity contribution is -0.119. The first kappa shape index (κ1) is 24.9. The van der Waals surface area contributed by atoms with E-state index in [1.165, 1.54) is 31.0 Å². The van der Waals surface area contributed by atoms with E-state index in [9.17, 15) is 9.59 Å². The van der Waals surface area contributed by atoms with Gasteiger partial charge in [-0.3, -0.25) is 15.0 Å². The number of imide groups is 1. The van der Waals surface area contributed by atoms with Crippen LogP contribution in [0.4, 0.5) is 4.79 Å². The maximum atomic E-state index is 12.7. The van der Waals surface area contributed by atoms with Crippen molar-refractivity contribution in [3.8, 4) is 0 Å². The fraction of sp³-hybridized carbons (Fsp3) is 0.385. The molecule has 3 aromatic rings. The molecule has 8 nitrogen and oxygen atoms in total. The fourth-order valence-corrected chi connectivity index (χ4v) is 4.88. The molecule has 0 saturated carbocycles. The highest BCUT2D eigenvalue weighted by Gasteiger charge is 2.23. The van der Waals surface area contributed by atoms with Crippen LogP contribution in [0.15, 0.2) is 65.8 Å². The minimum atomic E-state index is -0.515. The van der Waals surface area contributed by atoms with Crippen molar-refractivity contribution in [1.29, 1.82) is 0 Å². The zero-order valence-corrected chi connectivity index (χ0v) is 20.8. The second-order valence-corrected chi connectivity index (χ2v) is 10.0. The van der Waals surface area contributed by atoms with Gasteiger partial charge in [-0.25, -0.2) is 4.79 Å². The van der Waals surface area contributed by atoms with E-state index < -0.39 is 11.3 Å². The molecule has 0 aliphatic carbocycles. The lowest BCUT2D eigenvalue weighted by atomic mass is 10.1. The van der Waals surface area contributed by atoms with Gasteiger partial charge >= 0.3 is 6.03 Å². The summed E-state index contributed by atoms with van der Waals surface area (Å²) in [5.41, 5.74) is 2.11. The molecule has 1 aliphatic heterocycles. The lowest BCUT2D eigenvalue weighted by Crippen LogP contribution is -2.42. The van der Waals surface area contributed by atoms with Crippen LogP contribution in [-0.4, -0.2) is 49.9 Å².